The minimum Gasteiger partial charge on any atom is -0.313 e. The first-order chi connectivity index (χ1) is 4.47. The number of fused-ring (bicyclic) bond motifs is 1. The fourth-order valence-electron chi connectivity index (χ4n) is 1.49. The van der Waals surface area contributed by atoms with Gasteiger partial charge in [-0.15, -0.1) is 0 Å². The average Bonchev–Trinajstić information content (AvgIpc) is 2.33. The van der Waals surface area contributed by atoms with Gasteiger partial charge in [0.15, 0.2) is 0 Å². The third kappa shape index (κ3) is 0.833. The summed E-state index contributed by atoms with van der Waals surface area (Å²) in [6.45, 7) is 3.63. The summed E-state index contributed by atoms with van der Waals surface area (Å²) in [6, 6.07) is 0. The molecule has 0 radical (unpaired) electrons. The van der Waals surface area contributed by atoms with Gasteiger partial charge in [0, 0.05) is 25.8 Å². The van der Waals surface area contributed by atoms with Gasteiger partial charge in [-0.1, -0.05) is 6.08 Å². The van der Waals surface area contributed by atoms with Crippen LogP contribution in [0.4, 0.5) is 0 Å². The van der Waals surface area contributed by atoms with Gasteiger partial charge < -0.3 is 5.01 Å². The van der Waals surface area contributed by atoms with E-state index in [0.29, 0.717) is 0 Å². The van der Waals surface area contributed by atoms with Crippen molar-refractivity contribution >= 4 is 0 Å². The molecule has 2 rings (SSSR count). The summed E-state index contributed by atoms with van der Waals surface area (Å²) < 4.78 is 0. The maximum Gasteiger partial charge on any atom is 0.0379 e. The highest BCUT2D eigenvalue weighted by atomic mass is 15.6. The van der Waals surface area contributed by atoms with Crippen LogP contribution in [-0.4, -0.2) is 29.7 Å². The molecule has 0 aromatic heterocycles. The molecule has 0 aromatic rings. The Morgan fingerprint density at radius 3 is 2.89 bits per heavy atom. The molecule has 1 fully saturated rings. The lowest BCUT2D eigenvalue weighted by atomic mass is 10.2. The van der Waals surface area contributed by atoms with E-state index < -0.39 is 0 Å². The van der Waals surface area contributed by atoms with Crippen molar-refractivity contribution in [3.63, 3.8) is 0 Å². The summed E-state index contributed by atoms with van der Waals surface area (Å²) >= 11 is 0. The molecule has 0 atom stereocenters. The molecule has 0 spiro atoms. The molecular weight excluding hydrogens is 112 g/mol. The van der Waals surface area contributed by atoms with Crippen molar-refractivity contribution in [2.45, 2.75) is 12.8 Å². The molecular formula is C7H12N2. The molecule has 9 heavy (non-hydrogen) atoms. The largest absolute Gasteiger partial charge is 0.313 e. The fourth-order valence-corrected chi connectivity index (χ4v) is 1.49. The maximum atomic E-state index is 2.39. The zero-order valence-corrected chi connectivity index (χ0v) is 5.58. The lowest BCUT2D eigenvalue weighted by Gasteiger charge is -2.33. The lowest BCUT2D eigenvalue weighted by molar-refractivity contribution is 0.0219. The first kappa shape index (κ1) is 5.30. The number of nitrogens with zero attached hydrogens (tertiary/aromatic N) is 2. The Kier molecular flexibility index (Phi) is 1.19. The van der Waals surface area contributed by atoms with E-state index in [9.17, 15) is 0 Å². The second-order valence-corrected chi connectivity index (χ2v) is 2.67. The van der Waals surface area contributed by atoms with E-state index in [0.717, 1.165) is 6.54 Å². The van der Waals surface area contributed by atoms with Crippen molar-refractivity contribution in [3.05, 3.63) is 12.3 Å². The van der Waals surface area contributed by atoms with Crippen molar-refractivity contribution in [1.29, 1.82) is 0 Å². The molecule has 2 nitrogen and oxygen atoms in total. The Hall–Kier alpha value is -0.500. The Bertz CT molecular complexity index is 131. The summed E-state index contributed by atoms with van der Waals surface area (Å²) in [5, 5.41) is 4.72. The van der Waals surface area contributed by atoms with E-state index in [-0.39, 0.29) is 0 Å². The van der Waals surface area contributed by atoms with Crippen molar-refractivity contribution in [2.24, 2.45) is 0 Å². The van der Waals surface area contributed by atoms with Gasteiger partial charge in [-0.3, -0.25) is 0 Å². The highest BCUT2D eigenvalue weighted by molar-refractivity contribution is 4.92. The Balaban J connectivity index is 2.03. The van der Waals surface area contributed by atoms with Crippen LogP contribution in [-0.2, 0) is 0 Å². The maximum absolute atomic E-state index is 2.39. The van der Waals surface area contributed by atoms with Crippen LogP contribution in [0.15, 0.2) is 12.3 Å². The molecule has 50 valence electrons. The molecule has 0 unspecified atom stereocenters. The van der Waals surface area contributed by atoms with E-state index in [2.05, 4.69) is 22.3 Å². The monoisotopic (exact) mass is 124 g/mol. The van der Waals surface area contributed by atoms with Crippen LogP contribution >= 0.6 is 0 Å². The Morgan fingerprint density at radius 1 is 1.11 bits per heavy atom. The SMILES string of the molecule is C1=CN2CCCCN2C1. The zero-order valence-electron chi connectivity index (χ0n) is 5.58. The molecule has 0 saturated carbocycles. The van der Waals surface area contributed by atoms with Gasteiger partial charge in [0.2, 0.25) is 0 Å². The van der Waals surface area contributed by atoms with Crippen LogP contribution in [0.25, 0.3) is 0 Å². The Labute approximate surface area is 55.7 Å². The molecule has 2 heterocycles. The third-order valence-corrected chi connectivity index (χ3v) is 2.01. The molecule has 2 heteroatoms. The van der Waals surface area contributed by atoms with Crippen molar-refractivity contribution in [2.75, 3.05) is 19.6 Å². The molecule has 1 saturated heterocycles. The third-order valence-electron chi connectivity index (χ3n) is 2.01. The van der Waals surface area contributed by atoms with Gasteiger partial charge in [0.1, 0.15) is 0 Å². The highest BCUT2D eigenvalue weighted by Gasteiger charge is 2.18. The normalized spacial score (nSPS) is 26.9. The Morgan fingerprint density at radius 2 is 2.00 bits per heavy atom. The van der Waals surface area contributed by atoms with Gasteiger partial charge in [0.05, 0.1) is 0 Å². The fraction of sp³-hybridized carbons (Fsp3) is 0.714. The first-order valence-corrected chi connectivity index (χ1v) is 3.65. The molecule has 2 aliphatic heterocycles. The average molecular weight is 124 g/mol. The lowest BCUT2D eigenvalue weighted by Crippen LogP contribution is -2.40. The number of hydrazine groups is 1. The van der Waals surface area contributed by atoms with Crippen molar-refractivity contribution in [1.82, 2.24) is 10.0 Å². The van der Waals surface area contributed by atoms with Gasteiger partial charge in [-0.05, 0) is 12.8 Å². The molecule has 0 N–H and O–H groups in total. The van der Waals surface area contributed by atoms with Crippen LogP contribution < -0.4 is 0 Å². The van der Waals surface area contributed by atoms with E-state index in [1.54, 1.807) is 0 Å². The van der Waals surface area contributed by atoms with Crippen LogP contribution in [0.1, 0.15) is 12.8 Å². The van der Waals surface area contributed by atoms with Crippen LogP contribution in [0.3, 0.4) is 0 Å². The quantitative estimate of drug-likeness (QED) is 0.472. The number of hydrogen-bond acceptors (Lipinski definition) is 2. The standard InChI is InChI=1S/C7H12N2/c1-2-5-9-7-3-6-8(9)4-1/h3,6H,1-2,4-5,7H2. The summed E-state index contributed by atoms with van der Waals surface area (Å²) in [6.07, 6.45) is 7.16. The zero-order chi connectivity index (χ0) is 6.10. The summed E-state index contributed by atoms with van der Waals surface area (Å²) in [7, 11) is 0. The van der Waals surface area contributed by atoms with E-state index in [1.807, 2.05) is 0 Å². The van der Waals surface area contributed by atoms with Crippen molar-refractivity contribution < 1.29 is 0 Å². The molecule has 0 bridgehead atoms. The van der Waals surface area contributed by atoms with Crippen LogP contribution in [0, 0.1) is 0 Å². The molecule has 0 aromatic carbocycles. The summed E-state index contributed by atoms with van der Waals surface area (Å²) in [5.41, 5.74) is 0. The van der Waals surface area contributed by atoms with Gasteiger partial charge in [-0.25, -0.2) is 5.01 Å². The summed E-state index contributed by atoms with van der Waals surface area (Å²) in [5.74, 6) is 0. The van der Waals surface area contributed by atoms with E-state index in [1.165, 1.54) is 25.9 Å². The highest BCUT2D eigenvalue weighted by Crippen LogP contribution is 2.14. The second-order valence-electron chi connectivity index (χ2n) is 2.67. The molecule has 0 aliphatic carbocycles. The van der Waals surface area contributed by atoms with E-state index in [4.69, 9.17) is 0 Å². The molecule has 2 aliphatic rings. The minimum atomic E-state index is 1.14. The van der Waals surface area contributed by atoms with Crippen LogP contribution in [0.5, 0.6) is 0 Å². The van der Waals surface area contributed by atoms with Crippen LogP contribution in [0.2, 0.25) is 0 Å². The minimum absolute atomic E-state index is 1.14. The first-order valence-electron chi connectivity index (χ1n) is 3.65. The van der Waals surface area contributed by atoms with E-state index >= 15 is 0 Å². The topological polar surface area (TPSA) is 6.48 Å². The number of hydrogen-bond donors (Lipinski definition) is 0. The van der Waals surface area contributed by atoms with Gasteiger partial charge >= 0.3 is 0 Å². The smallest absolute Gasteiger partial charge is 0.0379 e. The number of rotatable bonds is 0. The van der Waals surface area contributed by atoms with Gasteiger partial charge in [0.25, 0.3) is 0 Å². The second kappa shape index (κ2) is 2.03. The predicted molar refractivity (Wildman–Crippen MR) is 36.7 cm³/mol. The molecule has 0 amide bonds. The van der Waals surface area contributed by atoms with Crippen molar-refractivity contribution in [3.8, 4) is 0 Å². The predicted octanol–water partition coefficient (Wildman–Crippen LogP) is 0.827. The van der Waals surface area contributed by atoms with Gasteiger partial charge in [-0.2, -0.15) is 0 Å². The summed E-state index contributed by atoms with van der Waals surface area (Å²) in [4.78, 5) is 0.